The fraction of sp³-hybridized carbons (Fsp3) is 0.188. The zero-order valence-electron chi connectivity index (χ0n) is 22.5. The minimum absolute atomic E-state index is 0.0389. The van der Waals surface area contributed by atoms with Gasteiger partial charge in [-0.25, -0.2) is 0 Å². The minimum Gasteiger partial charge on any atom is -0.871 e. The van der Waals surface area contributed by atoms with Crippen molar-refractivity contribution in [3.8, 4) is 5.69 Å². The Labute approximate surface area is 236 Å². The molecule has 0 saturated heterocycles. The van der Waals surface area contributed by atoms with Crippen LogP contribution in [-0.2, 0) is 22.6 Å². The van der Waals surface area contributed by atoms with Crippen molar-refractivity contribution >= 4 is 33.7 Å². The van der Waals surface area contributed by atoms with E-state index in [1.165, 1.54) is 12.3 Å². The number of ketones is 1. The molecule has 0 fully saturated rings. The lowest BCUT2D eigenvalue weighted by Crippen LogP contribution is -2.33. The molecule has 1 aliphatic heterocycles. The third-order valence-corrected chi connectivity index (χ3v) is 8.00. The molecule has 0 bridgehead atoms. The molecule has 0 spiro atoms. The van der Waals surface area contributed by atoms with Crippen molar-refractivity contribution in [2.75, 3.05) is 7.05 Å². The van der Waals surface area contributed by atoms with Crippen LogP contribution in [0.5, 0.6) is 0 Å². The number of para-hydroxylation sites is 2. The third kappa shape index (κ3) is 4.07. The van der Waals surface area contributed by atoms with Crippen LogP contribution in [0, 0.1) is 0 Å². The van der Waals surface area contributed by atoms with Gasteiger partial charge in [-0.15, -0.1) is 0 Å². The number of carbonyl (C=O) groups excluding carboxylic acids is 1. The van der Waals surface area contributed by atoms with Gasteiger partial charge in [-0.1, -0.05) is 42.2 Å². The lowest BCUT2D eigenvalue weighted by Gasteiger charge is -2.30. The van der Waals surface area contributed by atoms with Crippen LogP contribution in [0.4, 0.5) is 32.0 Å². The highest BCUT2D eigenvalue weighted by Gasteiger charge is 2.44. The van der Waals surface area contributed by atoms with Crippen molar-refractivity contribution in [3.63, 3.8) is 0 Å². The van der Waals surface area contributed by atoms with Crippen LogP contribution >= 0.6 is 0 Å². The van der Waals surface area contributed by atoms with E-state index in [0.29, 0.717) is 17.5 Å². The SMILES string of the molecule is C[N+]1=C(/C=C2/C(=O)C(c3cn(-c4cc(C(F)(F)F)cc(C(F)(F)F)c4)c4ccccc34)=C2[O-])C(C)(C)c2ccccc21. The average molecular weight is 581 g/mol. The summed E-state index contributed by atoms with van der Waals surface area (Å²) in [6.45, 7) is 3.97. The second-order valence-corrected chi connectivity index (χ2v) is 10.9. The monoisotopic (exact) mass is 580 g/mol. The topological polar surface area (TPSA) is 48.1 Å². The average Bonchev–Trinajstić information content (AvgIpc) is 3.39. The minimum atomic E-state index is -5.03. The van der Waals surface area contributed by atoms with Gasteiger partial charge in [0, 0.05) is 51.7 Å². The van der Waals surface area contributed by atoms with E-state index in [0.717, 1.165) is 21.5 Å². The van der Waals surface area contributed by atoms with Gasteiger partial charge in [-0.3, -0.25) is 4.79 Å². The number of benzene rings is 3. The van der Waals surface area contributed by atoms with Crippen LogP contribution < -0.4 is 5.11 Å². The van der Waals surface area contributed by atoms with Gasteiger partial charge >= 0.3 is 12.4 Å². The number of carbonyl (C=O) groups is 1. The molecule has 3 aromatic carbocycles. The van der Waals surface area contributed by atoms with Crippen LogP contribution in [0.3, 0.4) is 0 Å². The molecule has 214 valence electrons. The van der Waals surface area contributed by atoms with Gasteiger partial charge in [0.15, 0.2) is 11.5 Å². The Morgan fingerprint density at radius 2 is 1.48 bits per heavy atom. The number of halogens is 6. The number of allylic oxidation sites excluding steroid dienone is 3. The molecule has 1 aliphatic carbocycles. The molecule has 0 unspecified atom stereocenters. The van der Waals surface area contributed by atoms with Crippen LogP contribution in [0.25, 0.3) is 22.2 Å². The van der Waals surface area contributed by atoms with E-state index in [-0.39, 0.29) is 28.3 Å². The van der Waals surface area contributed by atoms with Crippen molar-refractivity contribution < 1.29 is 40.8 Å². The van der Waals surface area contributed by atoms with E-state index in [9.17, 15) is 36.2 Å². The number of nitrogens with zero attached hydrogens (tertiary/aromatic N) is 2. The molecule has 6 rings (SSSR count). The summed E-state index contributed by atoms with van der Waals surface area (Å²) in [4.78, 5) is 13.4. The van der Waals surface area contributed by atoms with Crippen LogP contribution in [0.15, 0.2) is 90.3 Å². The van der Waals surface area contributed by atoms with Gasteiger partial charge < -0.3 is 9.67 Å². The molecule has 4 nitrogen and oxygen atoms in total. The number of rotatable bonds is 3. The molecule has 42 heavy (non-hydrogen) atoms. The zero-order valence-corrected chi connectivity index (χ0v) is 22.5. The van der Waals surface area contributed by atoms with Crippen molar-refractivity contribution in [2.24, 2.45) is 0 Å². The number of fused-ring (bicyclic) bond motifs is 2. The molecular formula is C32H22F6N2O2. The first-order chi connectivity index (χ1) is 19.6. The molecule has 0 amide bonds. The van der Waals surface area contributed by atoms with Crippen molar-refractivity contribution in [2.45, 2.75) is 31.6 Å². The number of hydrogen-bond acceptors (Lipinski definition) is 2. The van der Waals surface area contributed by atoms with E-state index in [1.807, 2.05) is 49.7 Å². The smallest absolute Gasteiger partial charge is 0.416 e. The molecular weight excluding hydrogens is 558 g/mol. The summed E-state index contributed by atoms with van der Waals surface area (Å²) in [5.41, 5.74) is -0.955. The second kappa shape index (κ2) is 8.95. The first-order valence-corrected chi connectivity index (χ1v) is 12.9. The normalized spacial score (nSPS) is 17.8. The van der Waals surface area contributed by atoms with Crippen LogP contribution in [0.1, 0.15) is 36.1 Å². The Bertz CT molecular complexity index is 1890. The van der Waals surface area contributed by atoms with Crippen molar-refractivity contribution in [3.05, 3.63) is 113 Å². The van der Waals surface area contributed by atoms with E-state index >= 15 is 0 Å². The molecule has 0 radical (unpaired) electrons. The van der Waals surface area contributed by atoms with Crippen molar-refractivity contribution in [1.82, 2.24) is 4.57 Å². The molecule has 10 heteroatoms. The molecule has 2 heterocycles. The molecule has 4 aromatic rings. The predicted molar refractivity (Wildman–Crippen MR) is 144 cm³/mol. The quantitative estimate of drug-likeness (QED) is 0.150. The molecule has 0 atom stereocenters. The predicted octanol–water partition coefficient (Wildman–Crippen LogP) is 6.95. The Kier molecular flexibility index (Phi) is 5.87. The maximum Gasteiger partial charge on any atom is 0.416 e. The van der Waals surface area contributed by atoms with Gasteiger partial charge in [-0.2, -0.15) is 30.9 Å². The van der Waals surface area contributed by atoms with Gasteiger partial charge in [-0.05, 0) is 38.1 Å². The second-order valence-electron chi connectivity index (χ2n) is 10.9. The molecule has 1 aromatic heterocycles. The molecule has 0 saturated carbocycles. The summed E-state index contributed by atoms with van der Waals surface area (Å²) in [6, 6.07) is 15.2. The standard InChI is InChI=1S/C32H22F6N2O2/c1-30(2)23-9-5-7-11-25(23)39(3)26(30)15-21-28(41)27(29(21)42)22-16-40(24-10-6-4-8-20(22)24)19-13-17(31(33,34)35)12-18(14-19)32(36,37)38/h4-16H,1-3H3. The maximum atomic E-state index is 13.6. The van der Waals surface area contributed by atoms with E-state index < -0.39 is 46.1 Å². The Balaban J connectivity index is 1.50. The number of hydrogen-bond donors (Lipinski definition) is 0. The summed E-state index contributed by atoms with van der Waals surface area (Å²) in [6.07, 6.45) is -7.25. The van der Waals surface area contributed by atoms with Crippen molar-refractivity contribution in [1.29, 1.82) is 0 Å². The summed E-state index contributed by atoms with van der Waals surface area (Å²) >= 11 is 0. The largest absolute Gasteiger partial charge is 0.871 e. The lowest BCUT2D eigenvalue weighted by atomic mass is 9.77. The Hall–Kier alpha value is -4.60. The fourth-order valence-corrected chi connectivity index (χ4v) is 5.85. The Morgan fingerprint density at radius 1 is 0.881 bits per heavy atom. The third-order valence-electron chi connectivity index (χ3n) is 8.00. The lowest BCUT2D eigenvalue weighted by molar-refractivity contribution is -0.401. The summed E-state index contributed by atoms with van der Waals surface area (Å²) in [7, 11) is 1.84. The Morgan fingerprint density at radius 3 is 2.07 bits per heavy atom. The van der Waals surface area contributed by atoms with E-state index in [4.69, 9.17) is 0 Å². The number of aromatic nitrogens is 1. The summed E-state index contributed by atoms with van der Waals surface area (Å²) < 4.78 is 84.4. The van der Waals surface area contributed by atoms with Gasteiger partial charge in [0.2, 0.25) is 5.69 Å². The number of Topliss-reactive ketones (excluding diaryl/α,β-unsaturated/α-hetero) is 1. The fourth-order valence-electron chi connectivity index (χ4n) is 5.85. The molecule has 2 aliphatic rings. The van der Waals surface area contributed by atoms with Crippen LogP contribution in [-0.4, -0.2) is 27.7 Å². The maximum absolute atomic E-state index is 13.6. The van der Waals surface area contributed by atoms with Crippen LogP contribution in [0.2, 0.25) is 0 Å². The number of alkyl halides is 6. The zero-order chi connectivity index (χ0) is 30.4. The van der Waals surface area contributed by atoms with E-state index in [1.54, 1.807) is 24.3 Å². The molecule has 0 N–H and O–H groups in total. The van der Waals surface area contributed by atoms with E-state index in [2.05, 4.69) is 0 Å². The first kappa shape index (κ1) is 27.6. The highest BCUT2D eigenvalue weighted by molar-refractivity contribution is 6.41. The first-order valence-electron chi connectivity index (χ1n) is 12.9. The van der Waals surface area contributed by atoms with Gasteiger partial charge in [0.25, 0.3) is 0 Å². The van der Waals surface area contributed by atoms with Gasteiger partial charge in [0.05, 0.1) is 22.1 Å². The highest BCUT2D eigenvalue weighted by Crippen LogP contribution is 2.44. The van der Waals surface area contributed by atoms with Gasteiger partial charge in [0.1, 0.15) is 7.05 Å². The summed E-state index contributed by atoms with van der Waals surface area (Å²) in [5, 5.41) is 13.8. The summed E-state index contributed by atoms with van der Waals surface area (Å²) in [5.74, 6) is -1.09. The highest BCUT2D eigenvalue weighted by atomic mass is 19.4.